The van der Waals surface area contributed by atoms with E-state index in [0.29, 0.717) is 35.9 Å². The van der Waals surface area contributed by atoms with Gasteiger partial charge in [0.25, 0.3) is 0 Å². The number of benzene rings is 2. The van der Waals surface area contributed by atoms with E-state index in [-0.39, 0.29) is 18.8 Å². The number of hydrogen-bond acceptors (Lipinski definition) is 7. The highest BCUT2D eigenvalue weighted by Gasteiger charge is 2.36. The van der Waals surface area contributed by atoms with Gasteiger partial charge in [-0.05, 0) is 42.2 Å². The fraction of sp³-hybridized carbons (Fsp3) is 0.370. The number of anilines is 1. The molecule has 2 atom stereocenters. The first kappa shape index (κ1) is 24.9. The minimum absolute atomic E-state index is 0.0864. The van der Waals surface area contributed by atoms with Crippen LogP contribution in [0.5, 0.6) is 5.75 Å². The van der Waals surface area contributed by atoms with E-state index >= 15 is 0 Å². The first-order valence-corrected chi connectivity index (χ1v) is 12.1. The minimum Gasteiger partial charge on any atom is -0.497 e. The highest BCUT2D eigenvalue weighted by molar-refractivity contribution is 6.33. The van der Waals surface area contributed by atoms with Gasteiger partial charge in [0.05, 0.1) is 35.3 Å². The molecular formula is C27H30ClN3O4. The molecule has 35 heavy (non-hydrogen) atoms. The topological polar surface area (TPSA) is 82.6 Å². The van der Waals surface area contributed by atoms with Crippen LogP contribution < -0.4 is 10.1 Å². The first-order chi connectivity index (χ1) is 17.0. The highest BCUT2D eigenvalue weighted by Crippen LogP contribution is 2.38. The lowest BCUT2D eigenvalue weighted by atomic mass is 10.1. The van der Waals surface area contributed by atoms with Crippen molar-refractivity contribution in [1.82, 2.24) is 9.97 Å². The molecule has 0 bridgehead atoms. The van der Waals surface area contributed by atoms with Gasteiger partial charge in [0.15, 0.2) is 0 Å². The summed E-state index contributed by atoms with van der Waals surface area (Å²) < 4.78 is 16.0. The van der Waals surface area contributed by atoms with Crippen molar-refractivity contribution in [2.24, 2.45) is 0 Å². The number of carbonyl (C=O) groups excluding carboxylic acids is 1. The maximum Gasteiger partial charge on any atom is 0.332 e. The molecule has 1 heterocycles. The lowest BCUT2D eigenvalue weighted by molar-refractivity contribution is -0.153. The monoisotopic (exact) mass is 495 g/mol. The van der Waals surface area contributed by atoms with Crippen molar-refractivity contribution < 1.29 is 19.0 Å². The van der Waals surface area contributed by atoms with Gasteiger partial charge in [-0.15, -0.1) is 0 Å². The number of nitrogens with zero attached hydrogens (tertiary/aromatic N) is 2. The second-order valence-corrected chi connectivity index (χ2v) is 8.76. The molecule has 0 amide bonds. The van der Waals surface area contributed by atoms with Crippen LogP contribution in [-0.4, -0.2) is 42.9 Å². The molecular weight excluding hydrogens is 466 g/mol. The Morgan fingerprint density at radius 3 is 2.54 bits per heavy atom. The van der Waals surface area contributed by atoms with Crippen molar-refractivity contribution in [3.05, 3.63) is 70.0 Å². The van der Waals surface area contributed by atoms with E-state index in [4.69, 9.17) is 35.8 Å². The van der Waals surface area contributed by atoms with E-state index in [1.54, 1.807) is 13.2 Å². The predicted octanol–water partition coefficient (Wildman–Crippen LogP) is 5.20. The molecule has 2 unspecified atom stereocenters. The SMILES string of the molecule is CCc1nc(-c2ccc(OC)cc2Cl)c(CC)nc1NC1c2ccccc2CC1OC(=O)COC. The zero-order chi connectivity index (χ0) is 24.9. The second kappa shape index (κ2) is 11.1. The third kappa shape index (κ3) is 5.26. The fourth-order valence-corrected chi connectivity index (χ4v) is 4.71. The largest absolute Gasteiger partial charge is 0.497 e. The molecule has 2 aromatic carbocycles. The Bertz CT molecular complexity index is 1220. The third-order valence-electron chi connectivity index (χ3n) is 6.16. The number of rotatable bonds is 9. The van der Waals surface area contributed by atoms with Gasteiger partial charge in [0.1, 0.15) is 24.3 Å². The lowest BCUT2D eigenvalue weighted by Gasteiger charge is -2.24. The number of fused-ring (bicyclic) bond motifs is 1. The number of aryl methyl sites for hydroxylation is 2. The summed E-state index contributed by atoms with van der Waals surface area (Å²) in [6, 6.07) is 13.4. The van der Waals surface area contributed by atoms with Crippen molar-refractivity contribution in [3.8, 4) is 17.0 Å². The number of ether oxygens (including phenoxy) is 3. The molecule has 1 aliphatic carbocycles. The van der Waals surface area contributed by atoms with E-state index in [9.17, 15) is 4.79 Å². The Morgan fingerprint density at radius 2 is 1.86 bits per heavy atom. The highest BCUT2D eigenvalue weighted by atomic mass is 35.5. The van der Waals surface area contributed by atoms with E-state index in [0.717, 1.165) is 33.8 Å². The molecule has 0 saturated heterocycles. The van der Waals surface area contributed by atoms with Crippen LogP contribution in [-0.2, 0) is 33.5 Å². The Kier molecular flexibility index (Phi) is 7.88. The van der Waals surface area contributed by atoms with E-state index < -0.39 is 5.97 Å². The van der Waals surface area contributed by atoms with Gasteiger partial charge in [-0.25, -0.2) is 14.8 Å². The number of hydrogen-bond donors (Lipinski definition) is 1. The Labute approximate surface area is 210 Å². The van der Waals surface area contributed by atoms with Crippen LogP contribution >= 0.6 is 11.6 Å². The summed E-state index contributed by atoms with van der Waals surface area (Å²) >= 11 is 6.57. The summed E-state index contributed by atoms with van der Waals surface area (Å²) in [5.74, 6) is 0.984. The lowest BCUT2D eigenvalue weighted by Crippen LogP contribution is -2.29. The van der Waals surface area contributed by atoms with Gasteiger partial charge in [-0.2, -0.15) is 0 Å². The summed E-state index contributed by atoms with van der Waals surface area (Å²) in [6.07, 6.45) is 1.60. The maximum absolute atomic E-state index is 12.2. The van der Waals surface area contributed by atoms with Crippen LogP contribution in [0, 0.1) is 0 Å². The van der Waals surface area contributed by atoms with Crippen LogP contribution in [0.15, 0.2) is 42.5 Å². The van der Waals surface area contributed by atoms with E-state index in [2.05, 4.69) is 17.4 Å². The van der Waals surface area contributed by atoms with Crippen LogP contribution in [0.2, 0.25) is 5.02 Å². The Morgan fingerprint density at radius 1 is 1.09 bits per heavy atom. The predicted molar refractivity (Wildman–Crippen MR) is 136 cm³/mol. The van der Waals surface area contributed by atoms with Gasteiger partial charge in [0, 0.05) is 19.1 Å². The van der Waals surface area contributed by atoms with Crippen molar-refractivity contribution in [2.45, 2.75) is 45.3 Å². The molecule has 4 rings (SSSR count). The number of methoxy groups -OCH3 is 2. The molecule has 0 spiro atoms. The summed E-state index contributed by atoms with van der Waals surface area (Å²) in [5.41, 5.74) is 5.45. The smallest absolute Gasteiger partial charge is 0.332 e. The van der Waals surface area contributed by atoms with Crippen molar-refractivity contribution in [1.29, 1.82) is 0 Å². The average molecular weight is 496 g/mol. The van der Waals surface area contributed by atoms with Gasteiger partial charge >= 0.3 is 5.97 Å². The number of aromatic nitrogens is 2. The molecule has 184 valence electrons. The van der Waals surface area contributed by atoms with Gasteiger partial charge in [-0.3, -0.25) is 0 Å². The molecule has 1 aromatic heterocycles. The summed E-state index contributed by atoms with van der Waals surface area (Å²) in [5, 5.41) is 4.12. The zero-order valence-corrected chi connectivity index (χ0v) is 21.2. The number of esters is 1. The molecule has 0 saturated carbocycles. The molecule has 3 aromatic rings. The normalized spacial score (nSPS) is 16.6. The quantitative estimate of drug-likeness (QED) is 0.408. The Hall–Kier alpha value is -3.16. The molecule has 0 aliphatic heterocycles. The summed E-state index contributed by atoms with van der Waals surface area (Å²) in [4.78, 5) is 22.2. The maximum atomic E-state index is 12.2. The van der Waals surface area contributed by atoms with Crippen molar-refractivity contribution in [3.63, 3.8) is 0 Å². The average Bonchev–Trinajstić information content (AvgIpc) is 3.20. The first-order valence-electron chi connectivity index (χ1n) is 11.7. The zero-order valence-electron chi connectivity index (χ0n) is 20.4. The van der Waals surface area contributed by atoms with Crippen LogP contribution in [0.3, 0.4) is 0 Å². The van der Waals surface area contributed by atoms with Crippen LogP contribution in [0.25, 0.3) is 11.3 Å². The van der Waals surface area contributed by atoms with E-state index in [1.165, 1.54) is 7.11 Å². The molecule has 0 radical (unpaired) electrons. The van der Waals surface area contributed by atoms with Gasteiger partial charge in [-0.1, -0.05) is 49.7 Å². The molecule has 1 aliphatic rings. The second-order valence-electron chi connectivity index (χ2n) is 8.35. The van der Waals surface area contributed by atoms with Crippen LogP contribution in [0.4, 0.5) is 5.82 Å². The van der Waals surface area contributed by atoms with Gasteiger partial charge < -0.3 is 19.5 Å². The minimum atomic E-state index is -0.391. The standard InChI is InChI=1S/C27H30ClN3O4/c1-5-21-25(19-12-11-17(34-4)14-20(19)28)29-22(6-2)27(30-21)31-26-18-10-8-7-9-16(18)13-23(26)35-24(32)15-33-3/h7-12,14,23,26H,5-6,13,15H2,1-4H3,(H,30,31). The third-order valence-corrected chi connectivity index (χ3v) is 6.47. The number of halogens is 1. The molecule has 7 nitrogen and oxygen atoms in total. The molecule has 0 fully saturated rings. The fourth-order valence-electron chi connectivity index (χ4n) is 4.45. The van der Waals surface area contributed by atoms with Crippen molar-refractivity contribution >= 4 is 23.4 Å². The van der Waals surface area contributed by atoms with Gasteiger partial charge in [0.2, 0.25) is 0 Å². The number of carbonyl (C=O) groups is 1. The van der Waals surface area contributed by atoms with Crippen LogP contribution in [0.1, 0.15) is 42.4 Å². The Balaban J connectivity index is 1.71. The van der Waals surface area contributed by atoms with E-state index in [1.807, 2.05) is 38.1 Å². The van der Waals surface area contributed by atoms with Crippen molar-refractivity contribution in [2.75, 3.05) is 26.1 Å². The summed E-state index contributed by atoms with van der Waals surface area (Å²) in [6.45, 7) is 4.00. The summed E-state index contributed by atoms with van der Waals surface area (Å²) in [7, 11) is 3.09. The molecule has 8 heteroatoms. The number of nitrogens with one attached hydrogen (secondary N) is 1. The molecule has 1 N–H and O–H groups in total.